The van der Waals surface area contributed by atoms with Crippen LogP contribution in [0.2, 0.25) is 0 Å². The second-order valence-electron chi connectivity index (χ2n) is 11.0. The van der Waals surface area contributed by atoms with Crippen molar-refractivity contribution in [3.8, 4) is 18.0 Å². The van der Waals surface area contributed by atoms with Gasteiger partial charge in [0.15, 0.2) is 29.5 Å². The number of esters is 1. The predicted octanol–water partition coefficient (Wildman–Crippen LogP) is 3.76. The number of ether oxygens (including phenoxy) is 2. The van der Waals surface area contributed by atoms with E-state index in [2.05, 4.69) is 10.9 Å². The van der Waals surface area contributed by atoms with Gasteiger partial charge in [-0.05, 0) is 43.3 Å². The van der Waals surface area contributed by atoms with Crippen LogP contribution < -0.4 is 20.1 Å². The summed E-state index contributed by atoms with van der Waals surface area (Å²) in [6.07, 6.45) is 3.19. The van der Waals surface area contributed by atoms with E-state index in [-0.39, 0.29) is 73.2 Å². The van der Waals surface area contributed by atoms with Crippen molar-refractivity contribution in [2.75, 3.05) is 54.0 Å². The highest BCUT2D eigenvalue weighted by Crippen LogP contribution is 2.31. The standard InChI is InChI=1S/C33H27F4N5O6/c1-3-27(43)28-17-41(33(46)48-28)19-6-8-25(23(36)14-19)39-9-11-40(12-10-39)31-24(37)15-20-29(44)21(32(45)47-4-2)16-42(30(20)38-31)26-7-5-18(34)13-22(26)35/h1,5-8,13-16,27-28,43H,4,9-12,17H2,2H3/t27?,28-/m1/s1. The molecule has 0 bridgehead atoms. The molecule has 15 heteroatoms. The van der Waals surface area contributed by atoms with Crippen LogP contribution in [0, 0.1) is 35.6 Å². The number of cyclic esters (lactones) is 1. The topological polar surface area (TPSA) is 117 Å². The number of halogens is 4. The van der Waals surface area contributed by atoms with Gasteiger partial charge in [0.05, 0.1) is 35.6 Å². The number of rotatable bonds is 7. The molecular formula is C33H27F4N5O6. The predicted molar refractivity (Wildman–Crippen MR) is 166 cm³/mol. The fourth-order valence-corrected chi connectivity index (χ4v) is 5.70. The van der Waals surface area contributed by atoms with Crippen molar-refractivity contribution in [2.45, 2.75) is 19.1 Å². The van der Waals surface area contributed by atoms with Gasteiger partial charge in [-0.25, -0.2) is 32.1 Å². The molecule has 0 aliphatic carbocycles. The number of aliphatic hydroxyl groups excluding tert-OH is 1. The van der Waals surface area contributed by atoms with Crippen LogP contribution in [0.25, 0.3) is 16.7 Å². The SMILES string of the molecule is C#CC(O)[C@H]1CN(c2ccc(N3CCN(c4nc5c(cc4F)c(=O)c(C(=O)OCC)cn5-c4ccc(F)cc4F)CC3)c(F)c2)C(=O)O1. The summed E-state index contributed by atoms with van der Waals surface area (Å²) < 4.78 is 70.7. The number of anilines is 3. The Bertz CT molecular complexity index is 2040. The molecule has 6 rings (SSSR count). The summed E-state index contributed by atoms with van der Waals surface area (Å²) in [5.74, 6) is -2.48. The van der Waals surface area contributed by atoms with Gasteiger partial charge in [-0.15, -0.1) is 6.42 Å². The van der Waals surface area contributed by atoms with Crippen molar-refractivity contribution in [1.29, 1.82) is 0 Å². The maximum Gasteiger partial charge on any atom is 0.414 e. The molecule has 1 amide bonds. The number of aliphatic hydroxyl groups is 1. The molecule has 11 nitrogen and oxygen atoms in total. The number of carbonyl (C=O) groups is 2. The van der Waals surface area contributed by atoms with Gasteiger partial charge in [0, 0.05) is 38.4 Å². The molecule has 2 saturated heterocycles. The van der Waals surface area contributed by atoms with Crippen LogP contribution in [0.4, 0.5) is 39.5 Å². The molecule has 0 spiro atoms. The number of hydrogen-bond acceptors (Lipinski definition) is 9. The Morgan fingerprint density at radius 2 is 1.71 bits per heavy atom. The lowest BCUT2D eigenvalue weighted by atomic mass is 10.1. The molecule has 1 N–H and O–H groups in total. The Morgan fingerprint density at radius 1 is 1.02 bits per heavy atom. The highest BCUT2D eigenvalue weighted by atomic mass is 19.1. The first-order valence-electron chi connectivity index (χ1n) is 14.8. The lowest BCUT2D eigenvalue weighted by Crippen LogP contribution is -2.47. The van der Waals surface area contributed by atoms with Crippen molar-refractivity contribution in [2.24, 2.45) is 0 Å². The summed E-state index contributed by atoms with van der Waals surface area (Å²) in [5.41, 5.74) is -1.36. The fraction of sp³-hybridized carbons (Fsp3) is 0.273. The zero-order valence-electron chi connectivity index (χ0n) is 25.3. The van der Waals surface area contributed by atoms with Gasteiger partial charge in [-0.3, -0.25) is 14.3 Å². The van der Waals surface area contributed by atoms with E-state index in [1.54, 1.807) is 9.80 Å². The van der Waals surface area contributed by atoms with Crippen LogP contribution >= 0.6 is 0 Å². The van der Waals surface area contributed by atoms with Crippen LogP contribution in [-0.4, -0.2) is 78.3 Å². The van der Waals surface area contributed by atoms with E-state index in [1.807, 2.05) is 0 Å². The number of benzene rings is 2. The molecule has 0 radical (unpaired) electrons. The lowest BCUT2D eigenvalue weighted by molar-refractivity contribution is 0.0524. The van der Waals surface area contributed by atoms with Gasteiger partial charge in [-0.2, -0.15) is 0 Å². The van der Waals surface area contributed by atoms with Gasteiger partial charge in [0.25, 0.3) is 0 Å². The fourth-order valence-electron chi connectivity index (χ4n) is 5.70. The summed E-state index contributed by atoms with van der Waals surface area (Å²) in [7, 11) is 0. The van der Waals surface area contributed by atoms with Crippen LogP contribution in [0.3, 0.4) is 0 Å². The molecule has 4 heterocycles. The number of amides is 1. The number of carbonyl (C=O) groups excluding carboxylic acids is 2. The number of nitrogens with zero attached hydrogens (tertiary/aromatic N) is 5. The van der Waals surface area contributed by atoms with E-state index >= 15 is 8.78 Å². The van der Waals surface area contributed by atoms with Crippen LogP contribution in [0.15, 0.2) is 53.5 Å². The van der Waals surface area contributed by atoms with Gasteiger partial charge in [0.2, 0.25) is 5.43 Å². The molecule has 2 aromatic heterocycles. The Morgan fingerprint density at radius 3 is 2.38 bits per heavy atom. The van der Waals surface area contributed by atoms with Crippen molar-refractivity contribution in [3.05, 3.63) is 87.7 Å². The first kappa shape index (κ1) is 32.3. The molecule has 0 saturated carbocycles. The van der Waals surface area contributed by atoms with E-state index in [1.165, 1.54) is 19.1 Å². The van der Waals surface area contributed by atoms with Crippen LogP contribution in [-0.2, 0) is 9.47 Å². The van der Waals surface area contributed by atoms with Gasteiger partial charge in [-0.1, -0.05) is 5.92 Å². The molecule has 2 aliphatic rings. The maximum atomic E-state index is 15.6. The highest BCUT2D eigenvalue weighted by molar-refractivity contribution is 5.94. The van der Waals surface area contributed by atoms with E-state index in [0.717, 1.165) is 39.9 Å². The average Bonchev–Trinajstić information content (AvgIpc) is 3.46. The third kappa shape index (κ3) is 5.86. The largest absolute Gasteiger partial charge is 0.462 e. The minimum atomic E-state index is -1.31. The normalized spacial score (nSPS) is 17.0. The Labute approximate surface area is 270 Å². The van der Waals surface area contributed by atoms with Crippen molar-refractivity contribution in [1.82, 2.24) is 9.55 Å². The smallest absolute Gasteiger partial charge is 0.414 e. The molecule has 2 atom stereocenters. The second-order valence-corrected chi connectivity index (χ2v) is 11.0. The number of terminal acetylenes is 1. The second kappa shape index (κ2) is 12.9. The number of hydrogen-bond donors (Lipinski definition) is 1. The van der Waals surface area contributed by atoms with E-state index in [9.17, 15) is 28.3 Å². The molecule has 2 aliphatic heterocycles. The van der Waals surface area contributed by atoms with Crippen LogP contribution in [0.5, 0.6) is 0 Å². The quantitative estimate of drug-likeness (QED) is 0.179. The molecule has 4 aromatic rings. The molecule has 2 fully saturated rings. The Hall–Kier alpha value is -5.62. The van der Waals surface area contributed by atoms with Crippen molar-refractivity contribution in [3.63, 3.8) is 0 Å². The zero-order chi connectivity index (χ0) is 34.3. The van der Waals surface area contributed by atoms with Crippen molar-refractivity contribution < 1.29 is 41.7 Å². The first-order chi connectivity index (χ1) is 23.0. The number of pyridine rings is 2. The lowest BCUT2D eigenvalue weighted by Gasteiger charge is -2.37. The van der Waals surface area contributed by atoms with Gasteiger partial charge >= 0.3 is 12.1 Å². The minimum absolute atomic E-state index is 0.0571. The summed E-state index contributed by atoms with van der Waals surface area (Å²) in [4.78, 5) is 46.9. The zero-order valence-corrected chi connectivity index (χ0v) is 25.3. The minimum Gasteiger partial charge on any atom is -0.462 e. The summed E-state index contributed by atoms with van der Waals surface area (Å²) >= 11 is 0. The maximum absolute atomic E-state index is 15.6. The monoisotopic (exact) mass is 665 g/mol. The van der Waals surface area contributed by atoms with E-state index in [4.69, 9.17) is 15.9 Å². The summed E-state index contributed by atoms with van der Waals surface area (Å²) in [6.45, 7) is 2.19. The molecule has 248 valence electrons. The molecule has 2 aromatic carbocycles. The van der Waals surface area contributed by atoms with Gasteiger partial charge in [0.1, 0.15) is 23.0 Å². The Balaban J connectivity index is 1.28. The molecule has 48 heavy (non-hydrogen) atoms. The highest BCUT2D eigenvalue weighted by Gasteiger charge is 2.36. The first-order valence-corrected chi connectivity index (χ1v) is 14.8. The number of aromatic nitrogens is 2. The van der Waals surface area contributed by atoms with E-state index in [0.29, 0.717) is 6.07 Å². The van der Waals surface area contributed by atoms with E-state index < -0.39 is 58.5 Å². The number of fused-ring (bicyclic) bond motifs is 1. The summed E-state index contributed by atoms with van der Waals surface area (Å²) in [6, 6.07) is 7.79. The molecule has 1 unspecified atom stereocenters. The third-order valence-electron chi connectivity index (χ3n) is 8.10. The third-order valence-corrected chi connectivity index (χ3v) is 8.10. The Kier molecular flexibility index (Phi) is 8.67. The molecular weight excluding hydrogens is 638 g/mol. The summed E-state index contributed by atoms with van der Waals surface area (Å²) in [5, 5.41) is 9.49. The van der Waals surface area contributed by atoms with Crippen molar-refractivity contribution >= 4 is 40.3 Å². The van der Waals surface area contributed by atoms with Crippen LogP contribution in [0.1, 0.15) is 17.3 Å². The number of piperazine rings is 1. The van der Waals surface area contributed by atoms with Gasteiger partial charge < -0.3 is 24.4 Å². The average molecular weight is 666 g/mol.